The number of pyridine rings is 1. The van der Waals surface area contributed by atoms with Gasteiger partial charge in [0, 0.05) is 24.7 Å². The van der Waals surface area contributed by atoms with Crippen molar-refractivity contribution in [2.24, 2.45) is 5.41 Å². The van der Waals surface area contributed by atoms with Crippen molar-refractivity contribution >= 4 is 33.1 Å². The SMILES string of the molecule is CC1(C)CCN(C(=O)c2sc3ncccc3c2N)CC1. The molecule has 2 N–H and O–H groups in total. The molecule has 20 heavy (non-hydrogen) atoms. The van der Waals surface area contributed by atoms with Gasteiger partial charge in [0.05, 0.1) is 5.69 Å². The van der Waals surface area contributed by atoms with Crippen LogP contribution in [0.15, 0.2) is 18.3 Å². The Morgan fingerprint density at radius 3 is 2.75 bits per heavy atom. The van der Waals surface area contributed by atoms with Crippen molar-refractivity contribution in [2.45, 2.75) is 26.7 Å². The molecule has 0 radical (unpaired) electrons. The van der Waals surface area contributed by atoms with Crippen LogP contribution in [0.25, 0.3) is 10.2 Å². The van der Waals surface area contributed by atoms with Gasteiger partial charge in [0.15, 0.2) is 0 Å². The fourth-order valence-corrected chi connectivity index (χ4v) is 3.60. The fraction of sp³-hybridized carbons (Fsp3) is 0.467. The van der Waals surface area contributed by atoms with Crippen molar-refractivity contribution in [3.8, 4) is 0 Å². The number of fused-ring (bicyclic) bond motifs is 1. The zero-order chi connectivity index (χ0) is 14.3. The summed E-state index contributed by atoms with van der Waals surface area (Å²) in [7, 11) is 0. The molecule has 0 aliphatic carbocycles. The number of nitrogens with zero attached hydrogens (tertiary/aromatic N) is 2. The third kappa shape index (κ3) is 2.26. The maximum atomic E-state index is 12.6. The van der Waals surface area contributed by atoms with Crippen LogP contribution in [-0.4, -0.2) is 28.9 Å². The topological polar surface area (TPSA) is 59.2 Å². The molecule has 0 bridgehead atoms. The third-order valence-corrected chi connectivity index (χ3v) is 5.22. The lowest BCUT2D eigenvalue weighted by Gasteiger charge is -2.36. The van der Waals surface area contributed by atoms with E-state index in [4.69, 9.17) is 5.73 Å². The minimum atomic E-state index is 0.0565. The van der Waals surface area contributed by atoms with Gasteiger partial charge >= 0.3 is 0 Å². The highest BCUT2D eigenvalue weighted by Crippen LogP contribution is 2.35. The van der Waals surface area contributed by atoms with Crippen LogP contribution < -0.4 is 5.73 Å². The monoisotopic (exact) mass is 289 g/mol. The maximum Gasteiger partial charge on any atom is 0.266 e. The number of rotatable bonds is 1. The Morgan fingerprint density at radius 1 is 1.40 bits per heavy atom. The highest BCUT2D eigenvalue weighted by Gasteiger charge is 2.30. The van der Waals surface area contributed by atoms with Crippen molar-refractivity contribution in [1.29, 1.82) is 0 Å². The molecule has 0 spiro atoms. The van der Waals surface area contributed by atoms with Gasteiger partial charge in [-0.05, 0) is 30.4 Å². The second kappa shape index (κ2) is 4.74. The van der Waals surface area contributed by atoms with Crippen molar-refractivity contribution in [3.63, 3.8) is 0 Å². The number of nitrogens with two attached hydrogens (primary N) is 1. The molecular weight excluding hydrogens is 270 g/mol. The molecule has 1 aliphatic rings. The van der Waals surface area contributed by atoms with Gasteiger partial charge in [-0.25, -0.2) is 4.98 Å². The molecule has 1 amide bonds. The Kier molecular flexibility index (Phi) is 3.17. The van der Waals surface area contributed by atoms with Crippen molar-refractivity contribution in [1.82, 2.24) is 9.88 Å². The van der Waals surface area contributed by atoms with Crippen LogP contribution in [0.2, 0.25) is 0 Å². The van der Waals surface area contributed by atoms with E-state index in [-0.39, 0.29) is 5.91 Å². The predicted molar refractivity (Wildman–Crippen MR) is 83.0 cm³/mol. The normalized spacial score (nSPS) is 18.4. The van der Waals surface area contributed by atoms with Gasteiger partial charge in [0.1, 0.15) is 9.71 Å². The number of anilines is 1. The molecule has 2 aromatic rings. The number of aromatic nitrogens is 1. The van der Waals surface area contributed by atoms with E-state index in [1.54, 1.807) is 6.20 Å². The summed E-state index contributed by atoms with van der Waals surface area (Å²) >= 11 is 1.40. The lowest BCUT2D eigenvalue weighted by molar-refractivity contribution is 0.0636. The van der Waals surface area contributed by atoms with Crippen molar-refractivity contribution in [3.05, 3.63) is 23.2 Å². The van der Waals surface area contributed by atoms with E-state index in [1.807, 2.05) is 17.0 Å². The molecule has 0 atom stereocenters. The van der Waals surface area contributed by atoms with Gasteiger partial charge in [-0.3, -0.25) is 4.79 Å². The second-order valence-electron chi connectivity index (χ2n) is 6.16. The van der Waals surface area contributed by atoms with E-state index in [1.165, 1.54) is 11.3 Å². The largest absolute Gasteiger partial charge is 0.397 e. The predicted octanol–water partition coefficient (Wildman–Crippen LogP) is 3.14. The van der Waals surface area contributed by atoms with Gasteiger partial charge < -0.3 is 10.6 Å². The molecule has 4 nitrogen and oxygen atoms in total. The zero-order valence-electron chi connectivity index (χ0n) is 11.8. The summed E-state index contributed by atoms with van der Waals surface area (Å²) in [6.45, 7) is 6.14. The molecule has 0 unspecified atom stereocenters. The summed E-state index contributed by atoms with van der Waals surface area (Å²) in [5.41, 5.74) is 7.04. The van der Waals surface area contributed by atoms with E-state index in [9.17, 15) is 4.79 Å². The van der Waals surface area contributed by atoms with E-state index < -0.39 is 0 Å². The summed E-state index contributed by atoms with van der Waals surface area (Å²) in [5.74, 6) is 0.0565. The molecule has 2 aromatic heterocycles. The first-order chi connectivity index (χ1) is 9.48. The van der Waals surface area contributed by atoms with Crippen LogP contribution in [0.4, 0.5) is 5.69 Å². The molecule has 1 aliphatic heterocycles. The number of carbonyl (C=O) groups is 1. The average Bonchev–Trinajstić information content (AvgIpc) is 2.76. The molecule has 5 heteroatoms. The fourth-order valence-electron chi connectivity index (χ4n) is 2.57. The number of hydrogen-bond acceptors (Lipinski definition) is 4. The Bertz CT molecular complexity index is 652. The smallest absolute Gasteiger partial charge is 0.266 e. The van der Waals surface area contributed by atoms with Gasteiger partial charge in [0.2, 0.25) is 0 Å². The summed E-state index contributed by atoms with van der Waals surface area (Å²) < 4.78 is 0. The van der Waals surface area contributed by atoms with Gasteiger partial charge in [-0.2, -0.15) is 0 Å². The first-order valence-electron chi connectivity index (χ1n) is 6.90. The van der Waals surface area contributed by atoms with Gasteiger partial charge in [0.25, 0.3) is 5.91 Å². The van der Waals surface area contributed by atoms with Crippen LogP contribution in [0, 0.1) is 5.41 Å². The minimum Gasteiger partial charge on any atom is -0.397 e. The highest BCUT2D eigenvalue weighted by molar-refractivity contribution is 7.21. The molecule has 0 saturated carbocycles. The standard InChI is InChI=1S/C15H19N3OS/c1-15(2)5-8-18(9-6-15)14(19)12-11(16)10-4-3-7-17-13(10)20-12/h3-4,7H,5-6,8-9,16H2,1-2H3. The van der Waals surface area contributed by atoms with Crippen molar-refractivity contribution < 1.29 is 4.79 Å². The first kappa shape index (κ1) is 13.4. The molecule has 1 fully saturated rings. The molecule has 1 saturated heterocycles. The number of likely N-dealkylation sites (tertiary alicyclic amines) is 1. The lowest BCUT2D eigenvalue weighted by atomic mass is 9.82. The number of piperidine rings is 1. The van der Waals surface area contributed by atoms with Crippen LogP contribution in [0.1, 0.15) is 36.4 Å². The second-order valence-corrected chi connectivity index (χ2v) is 7.16. The van der Waals surface area contributed by atoms with Gasteiger partial charge in [-0.15, -0.1) is 11.3 Å². The summed E-state index contributed by atoms with van der Waals surface area (Å²) in [5, 5.41) is 0.887. The maximum absolute atomic E-state index is 12.6. The minimum absolute atomic E-state index is 0.0565. The summed E-state index contributed by atoms with van der Waals surface area (Å²) in [6, 6.07) is 3.77. The van der Waals surface area contributed by atoms with E-state index >= 15 is 0 Å². The summed E-state index contributed by atoms with van der Waals surface area (Å²) in [6.07, 6.45) is 3.82. The van der Waals surface area contributed by atoms with Crippen LogP contribution >= 0.6 is 11.3 Å². The lowest BCUT2D eigenvalue weighted by Crippen LogP contribution is -2.41. The number of amides is 1. The Labute approximate surface area is 122 Å². The van der Waals surface area contributed by atoms with Crippen LogP contribution in [-0.2, 0) is 0 Å². The summed E-state index contributed by atoms with van der Waals surface area (Å²) in [4.78, 5) is 20.3. The molecule has 3 heterocycles. The zero-order valence-corrected chi connectivity index (χ0v) is 12.7. The molecule has 106 valence electrons. The molecule has 3 rings (SSSR count). The Hall–Kier alpha value is -1.62. The third-order valence-electron chi connectivity index (χ3n) is 4.10. The molecule has 0 aromatic carbocycles. The van der Waals surface area contributed by atoms with E-state index in [2.05, 4.69) is 18.8 Å². The first-order valence-corrected chi connectivity index (χ1v) is 7.72. The molecular formula is C15H19N3OS. The number of thiophene rings is 1. The number of hydrogen-bond donors (Lipinski definition) is 1. The highest BCUT2D eigenvalue weighted by atomic mass is 32.1. The Balaban J connectivity index is 1.88. The number of nitrogen functional groups attached to an aromatic ring is 1. The van der Waals surface area contributed by atoms with Crippen LogP contribution in [0.5, 0.6) is 0 Å². The Morgan fingerprint density at radius 2 is 2.10 bits per heavy atom. The number of carbonyl (C=O) groups excluding carboxylic acids is 1. The van der Waals surface area contributed by atoms with Gasteiger partial charge in [-0.1, -0.05) is 13.8 Å². The average molecular weight is 289 g/mol. The quantitative estimate of drug-likeness (QED) is 0.877. The van der Waals surface area contributed by atoms with E-state index in [0.29, 0.717) is 16.0 Å². The van der Waals surface area contributed by atoms with Crippen molar-refractivity contribution in [2.75, 3.05) is 18.8 Å². The van der Waals surface area contributed by atoms with Crippen LogP contribution in [0.3, 0.4) is 0 Å². The van der Waals surface area contributed by atoms with E-state index in [0.717, 1.165) is 36.1 Å².